The van der Waals surface area contributed by atoms with E-state index in [0.717, 1.165) is 23.8 Å². The molecule has 0 N–H and O–H groups in total. The minimum Gasteiger partial charge on any atom is -0.354 e. The SMILES string of the molecule is Cc1cc(N2CCN(S(=O)(=O)N3CC(C)CC(C)C3)CC2)nc(C(C)C)n1. The second-order valence-electron chi connectivity index (χ2n) is 8.54. The molecule has 27 heavy (non-hydrogen) atoms. The summed E-state index contributed by atoms with van der Waals surface area (Å²) in [5, 5.41) is 0. The molecule has 2 fully saturated rings. The first-order valence-corrected chi connectivity index (χ1v) is 11.4. The van der Waals surface area contributed by atoms with Crippen LogP contribution >= 0.6 is 0 Å². The van der Waals surface area contributed by atoms with Crippen LogP contribution in [0.4, 0.5) is 5.82 Å². The first-order valence-electron chi connectivity index (χ1n) is 10.0. The van der Waals surface area contributed by atoms with Crippen LogP contribution in [0.3, 0.4) is 0 Å². The van der Waals surface area contributed by atoms with Crippen molar-refractivity contribution in [2.24, 2.45) is 11.8 Å². The molecule has 0 amide bonds. The number of nitrogens with zero attached hydrogens (tertiary/aromatic N) is 5. The minimum atomic E-state index is -3.38. The van der Waals surface area contributed by atoms with Crippen LogP contribution in [0, 0.1) is 18.8 Å². The molecule has 0 aromatic carbocycles. The quantitative estimate of drug-likeness (QED) is 0.782. The van der Waals surface area contributed by atoms with E-state index < -0.39 is 10.2 Å². The molecule has 3 heterocycles. The maximum absolute atomic E-state index is 13.1. The van der Waals surface area contributed by atoms with Gasteiger partial charge < -0.3 is 4.90 Å². The van der Waals surface area contributed by atoms with Gasteiger partial charge in [-0.1, -0.05) is 27.7 Å². The smallest absolute Gasteiger partial charge is 0.282 e. The lowest BCUT2D eigenvalue weighted by Gasteiger charge is -2.40. The fraction of sp³-hybridized carbons (Fsp3) is 0.789. The number of hydrogen-bond donors (Lipinski definition) is 0. The normalized spacial score (nSPS) is 25.9. The first-order chi connectivity index (χ1) is 12.7. The molecule has 1 aromatic rings. The van der Waals surface area contributed by atoms with E-state index in [9.17, 15) is 8.42 Å². The van der Waals surface area contributed by atoms with E-state index in [2.05, 4.69) is 37.6 Å². The number of piperidine rings is 1. The summed E-state index contributed by atoms with van der Waals surface area (Å²) >= 11 is 0. The molecule has 0 radical (unpaired) electrons. The van der Waals surface area contributed by atoms with Crippen molar-refractivity contribution in [1.29, 1.82) is 0 Å². The summed E-state index contributed by atoms with van der Waals surface area (Å²) in [5.41, 5.74) is 0.954. The maximum atomic E-state index is 13.1. The monoisotopic (exact) mass is 395 g/mol. The van der Waals surface area contributed by atoms with Crippen molar-refractivity contribution in [2.75, 3.05) is 44.2 Å². The van der Waals surface area contributed by atoms with Crippen LogP contribution in [0.2, 0.25) is 0 Å². The van der Waals surface area contributed by atoms with Crippen LogP contribution in [0.15, 0.2) is 6.07 Å². The Balaban J connectivity index is 1.68. The Kier molecular flexibility index (Phi) is 6.08. The van der Waals surface area contributed by atoms with Crippen LogP contribution in [0.25, 0.3) is 0 Å². The Morgan fingerprint density at radius 1 is 1.00 bits per heavy atom. The van der Waals surface area contributed by atoms with E-state index in [4.69, 9.17) is 4.98 Å². The zero-order valence-electron chi connectivity index (χ0n) is 17.2. The minimum absolute atomic E-state index is 0.272. The average Bonchev–Trinajstić information content (AvgIpc) is 2.60. The molecule has 2 saturated heterocycles. The molecule has 2 atom stereocenters. The molecule has 2 aliphatic heterocycles. The summed E-state index contributed by atoms with van der Waals surface area (Å²) < 4.78 is 29.5. The van der Waals surface area contributed by atoms with E-state index in [0.29, 0.717) is 51.1 Å². The highest BCUT2D eigenvalue weighted by atomic mass is 32.2. The highest BCUT2D eigenvalue weighted by molar-refractivity contribution is 7.86. The van der Waals surface area contributed by atoms with Crippen LogP contribution in [-0.2, 0) is 10.2 Å². The molecular formula is C19H33N5O2S. The highest BCUT2D eigenvalue weighted by Gasteiger charge is 2.36. The third-order valence-electron chi connectivity index (χ3n) is 5.42. The van der Waals surface area contributed by atoms with E-state index in [1.807, 2.05) is 13.0 Å². The van der Waals surface area contributed by atoms with Crippen molar-refractivity contribution in [3.63, 3.8) is 0 Å². The first kappa shape index (κ1) is 20.5. The molecule has 8 heteroatoms. The van der Waals surface area contributed by atoms with E-state index in [1.165, 1.54) is 0 Å². The molecular weight excluding hydrogens is 362 g/mol. The van der Waals surface area contributed by atoms with Crippen molar-refractivity contribution in [2.45, 2.75) is 47.0 Å². The van der Waals surface area contributed by atoms with Gasteiger partial charge in [-0.2, -0.15) is 17.0 Å². The molecule has 2 unspecified atom stereocenters. The average molecular weight is 396 g/mol. The number of aryl methyl sites for hydroxylation is 1. The molecule has 1 aromatic heterocycles. The number of rotatable bonds is 4. The Labute approximate surface area is 164 Å². The Morgan fingerprint density at radius 3 is 2.15 bits per heavy atom. The molecule has 0 spiro atoms. The maximum Gasteiger partial charge on any atom is 0.282 e. The van der Waals surface area contributed by atoms with Gasteiger partial charge in [0.05, 0.1) is 0 Å². The van der Waals surface area contributed by atoms with Gasteiger partial charge in [0.1, 0.15) is 11.6 Å². The predicted octanol–water partition coefficient (Wildman–Crippen LogP) is 2.25. The lowest BCUT2D eigenvalue weighted by atomic mass is 9.94. The summed E-state index contributed by atoms with van der Waals surface area (Å²) in [5.74, 6) is 2.86. The van der Waals surface area contributed by atoms with Gasteiger partial charge in [-0.15, -0.1) is 0 Å². The molecule has 3 rings (SSSR count). The van der Waals surface area contributed by atoms with Crippen LogP contribution < -0.4 is 4.90 Å². The van der Waals surface area contributed by atoms with Gasteiger partial charge in [0.2, 0.25) is 0 Å². The van der Waals surface area contributed by atoms with Crippen LogP contribution in [0.5, 0.6) is 0 Å². The summed E-state index contributed by atoms with van der Waals surface area (Å²) in [4.78, 5) is 11.4. The molecule has 152 valence electrons. The Bertz CT molecular complexity index is 749. The number of hydrogen-bond acceptors (Lipinski definition) is 5. The molecule has 0 aliphatic carbocycles. The third-order valence-corrected chi connectivity index (χ3v) is 7.39. The summed E-state index contributed by atoms with van der Waals surface area (Å²) in [6.45, 7) is 14.0. The van der Waals surface area contributed by atoms with Gasteiger partial charge in [0, 0.05) is 56.9 Å². The zero-order chi connectivity index (χ0) is 19.8. The molecule has 7 nitrogen and oxygen atoms in total. The molecule has 0 bridgehead atoms. The Hall–Kier alpha value is -1.25. The lowest BCUT2D eigenvalue weighted by molar-refractivity contribution is 0.207. The van der Waals surface area contributed by atoms with Crippen LogP contribution in [0.1, 0.15) is 51.6 Å². The lowest BCUT2D eigenvalue weighted by Crippen LogP contribution is -2.55. The van der Waals surface area contributed by atoms with Gasteiger partial charge in [-0.25, -0.2) is 9.97 Å². The standard InChI is InChI=1S/C19H33N5O2S/c1-14(2)19-20-17(5)11-18(21-19)22-6-8-23(9-7-22)27(25,26)24-12-15(3)10-16(4)13-24/h11,14-16H,6-10,12-13H2,1-5H3. The van der Waals surface area contributed by atoms with Crippen molar-refractivity contribution < 1.29 is 8.42 Å². The Morgan fingerprint density at radius 2 is 1.59 bits per heavy atom. The second-order valence-corrected chi connectivity index (χ2v) is 10.5. The molecule has 2 aliphatic rings. The van der Waals surface area contributed by atoms with E-state index >= 15 is 0 Å². The number of anilines is 1. The summed E-state index contributed by atoms with van der Waals surface area (Å²) in [6.07, 6.45) is 1.10. The van der Waals surface area contributed by atoms with Crippen molar-refractivity contribution in [3.8, 4) is 0 Å². The van der Waals surface area contributed by atoms with Gasteiger partial charge in [-0.3, -0.25) is 0 Å². The van der Waals surface area contributed by atoms with Crippen molar-refractivity contribution in [1.82, 2.24) is 18.6 Å². The van der Waals surface area contributed by atoms with Gasteiger partial charge >= 0.3 is 0 Å². The molecule has 0 saturated carbocycles. The fourth-order valence-corrected chi connectivity index (χ4v) is 5.94. The summed E-state index contributed by atoms with van der Waals surface area (Å²) in [6, 6.07) is 1.99. The van der Waals surface area contributed by atoms with E-state index in [-0.39, 0.29) is 5.92 Å². The van der Waals surface area contributed by atoms with Gasteiger partial charge in [0.25, 0.3) is 10.2 Å². The largest absolute Gasteiger partial charge is 0.354 e. The van der Waals surface area contributed by atoms with Crippen LogP contribution in [-0.4, -0.2) is 66.3 Å². The number of aromatic nitrogens is 2. The second kappa shape index (κ2) is 8.01. The topological polar surface area (TPSA) is 69.6 Å². The van der Waals surface area contributed by atoms with E-state index in [1.54, 1.807) is 8.61 Å². The van der Waals surface area contributed by atoms with Gasteiger partial charge in [-0.05, 0) is 25.2 Å². The van der Waals surface area contributed by atoms with Gasteiger partial charge in [0.15, 0.2) is 0 Å². The summed E-state index contributed by atoms with van der Waals surface area (Å²) in [7, 11) is -3.38. The van der Waals surface area contributed by atoms with Crippen molar-refractivity contribution in [3.05, 3.63) is 17.6 Å². The highest BCUT2D eigenvalue weighted by Crippen LogP contribution is 2.26. The number of piperazine rings is 1. The zero-order valence-corrected chi connectivity index (χ0v) is 18.0. The third kappa shape index (κ3) is 4.60. The van der Waals surface area contributed by atoms with Crippen molar-refractivity contribution >= 4 is 16.0 Å². The fourth-order valence-electron chi connectivity index (χ4n) is 4.10. The predicted molar refractivity (Wildman–Crippen MR) is 108 cm³/mol.